The summed E-state index contributed by atoms with van der Waals surface area (Å²) in [6.45, 7) is -0.243. The number of hydrogen-bond acceptors (Lipinski definition) is 9. The van der Waals surface area contributed by atoms with Crippen molar-refractivity contribution in [2.45, 2.75) is 16.3 Å². The fourth-order valence-corrected chi connectivity index (χ4v) is 6.36. The molecule has 0 saturated heterocycles. The minimum Gasteiger partial charge on any atom is -0.497 e. The first kappa shape index (κ1) is 28.0. The van der Waals surface area contributed by atoms with Gasteiger partial charge in [-0.1, -0.05) is 11.3 Å². The standard InChI is InChI=1S/C25H23N3O8S3/c1-35-18-8-10-19(11-9-18)39(33,34)27-17-6-4-16(5-7-17)24(30)26-25-28(15-23(29)36-2)21-13-12-20(38(3,31)32)14-22(21)37-25/h4-14,27H,15H2,1-3H3. The lowest BCUT2D eigenvalue weighted by atomic mass is 10.2. The molecule has 14 heteroatoms. The third-order valence-electron chi connectivity index (χ3n) is 5.55. The van der Waals surface area contributed by atoms with Gasteiger partial charge >= 0.3 is 5.97 Å². The molecule has 0 fully saturated rings. The molecular weight excluding hydrogens is 566 g/mol. The number of aromatic nitrogens is 1. The van der Waals surface area contributed by atoms with E-state index in [9.17, 15) is 26.4 Å². The Bertz CT molecular complexity index is 1840. The number of nitrogens with zero attached hydrogens (tertiary/aromatic N) is 2. The number of rotatable bonds is 8. The Balaban J connectivity index is 1.64. The molecule has 1 aromatic heterocycles. The molecule has 0 bridgehead atoms. The second-order valence-corrected chi connectivity index (χ2v) is 12.9. The highest BCUT2D eigenvalue weighted by molar-refractivity contribution is 7.92. The van der Waals surface area contributed by atoms with Gasteiger partial charge in [0.15, 0.2) is 14.6 Å². The lowest BCUT2D eigenvalue weighted by molar-refractivity contribution is -0.141. The molecule has 0 aliphatic rings. The Labute approximate surface area is 228 Å². The molecule has 4 aromatic rings. The number of amides is 1. The molecule has 0 aliphatic carbocycles. The number of methoxy groups -OCH3 is 2. The van der Waals surface area contributed by atoms with Crippen LogP contribution in [0.4, 0.5) is 5.69 Å². The second kappa shape index (κ2) is 11.0. The number of benzene rings is 3. The van der Waals surface area contributed by atoms with Gasteiger partial charge in [0.1, 0.15) is 12.3 Å². The number of hydrogen-bond donors (Lipinski definition) is 1. The van der Waals surface area contributed by atoms with Crippen molar-refractivity contribution in [3.63, 3.8) is 0 Å². The Hall–Kier alpha value is -4.01. The summed E-state index contributed by atoms with van der Waals surface area (Å²) in [5.41, 5.74) is 0.909. The van der Waals surface area contributed by atoms with Crippen molar-refractivity contribution >= 4 is 59.0 Å². The highest BCUT2D eigenvalue weighted by Crippen LogP contribution is 2.23. The van der Waals surface area contributed by atoms with E-state index < -0.39 is 31.7 Å². The number of anilines is 1. The van der Waals surface area contributed by atoms with Gasteiger partial charge in [-0.3, -0.25) is 14.3 Å². The van der Waals surface area contributed by atoms with Crippen molar-refractivity contribution in [3.8, 4) is 5.75 Å². The monoisotopic (exact) mass is 589 g/mol. The van der Waals surface area contributed by atoms with E-state index in [0.717, 1.165) is 17.6 Å². The summed E-state index contributed by atoms with van der Waals surface area (Å²) in [7, 11) is -4.64. The van der Waals surface area contributed by atoms with E-state index in [1.165, 1.54) is 79.5 Å². The molecule has 1 N–H and O–H groups in total. The first-order valence-corrected chi connectivity index (χ1v) is 15.4. The van der Waals surface area contributed by atoms with Crippen LogP contribution in [-0.4, -0.2) is 53.8 Å². The van der Waals surface area contributed by atoms with Crippen LogP contribution >= 0.6 is 11.3 Å². The van der Waals surface area contributed by atoms with Crippen LogP contribution in [0.5, 0.6) is 5.75 Å². The van der Waals surface area contributed by atoms with Gasteiger partial charge in [-0.05, 0) is 66.7 Å². The van der Waals surface area contributed by atoms with E-state index in [4.69, 9.17) is 9.47 Å². The lowest BCUT2D eigenvalue weighted by Gasteiger charge is -2.09. The average Bonchev–Trinajstić information content (AvgIpc) is 3.24. The molecule has 1 heterocycles. The van der Waals surface area contributed by atoms with Gasteiger partial charge in [-0.15, -0.1) is 0 Å². The number of carbonyl (C=O) groups is 2. The number of sulfone groups is 1. The quantitative estimate of drug-likeness (QED) is 0.308. The van der Waals surface area contributed by atoms with E-state index in [0.29, 0.717) is 16.0 Å². The molecule has 0 aliphatic heterocycles. The van der Waals surface area contributed by atoms with Gasteiger partial charge in [-0.25, -0.2) is 16.8 Å². The summed E-state index contributed by atoms with van der Waals surface area (Å²) in [5.74, 6) is -0.708. The number of sulfonamides is 1. The topological polar surface area (TPSA) is 150 Å². The van der Waals surface area contributed by atoms with E-state index in [-0.39, 0.29) is 32.4 Å². The highest BCUT2D eigenvalue weighted by Gasteiger charge is 2.17. The Morgan fingerprint density at radius 1 is 0.923 bits per heavy atom. The number of nitrogens with one attached hydrogen (secondary N) is 1. The molecule has 0 saturated carbocycles. The normalized spacial score (nSPS) is 12.3. The van der Waals surface area contributed by atoms with Crippen LogP contribution in [0.2, 0.25) is 0 Å². The van der Waals surface area contributed by atoms with Gasteiger partial charge in [0.2, 0.25) is 0 Å². The lowest BCUT2D eigenvalue weighted by Crippen LogP contribution is -2.22. The van der Waals surface area contributed by atoms with E-state index in [1.54, 1.807) is 6.07 Å². The number of ether oxygens (including phenoxy) is 2. The Morgan fingerprint density at radius 3 is 2.15 bits per heavy atom. The number of fused-ring (bicyclic) bond motifs is 1. The van der Waals surface area contributed by atoms with Crippen LogP contribution in [0.25, 0.3) is 10.2 Å². The summed E-state index contributed by atoms with van der Waals surface area (Å²) in [4.78, 5) is 29.4. The first-order chi connectivity index (χ1) is 18.4. The Kier molecular flexibility index (Phi) is 7.90. The molecule has 4 rings (SSSR count). The maximum atomic E-state index is 13.0. The van der Waals surface area contributed by atoms with Crippen LogP contribution in [-0.2, 0) is 35.9 Å². The molecule has 11 nitrogen and oxygen atoms in total. The molecule has 0 unspecified atom stereocenters. The van der Waals surface area contributed by atoms with E-state index in [1.807, 2.05) is 0 Å². The largest absolute Gasteiger partial charge is 0.497 e. The summed E-state index contributed by atoms with van der Waals surface area (Å²) in [6.07, 6.45) is 1.08. The molecule has 1 amide bonds. The van der Waals surface area contributed by atoms with Crippen molar-refractivity contribution in [2.75, 3.05) is 25.2 Å². The molecule has 39 heavy (non-hydrogen) atoms. The zero-order valence-corrected chi connectivity index (χ0v) is 23.4. The fraction of sp³-hybridized carbons (Fsp3) is 0.160. The number of carbonyl (C=O) groups excluding carboxylic acids is 2. The van der Waals surface area contributed by atoms with Crippen molar-refractivity contribution in [2.24, 2.45) is 4.99 Å². The summed E-state index contributed by atoms with van der Waals surface area (Å²) >= 11 is 1.04. The smallest absolute Gasteiger partial charge is 0.325 e. The van der Waals surface area contributed by atoms with Crippen LogP contribution in [0.1, 0.15) is 10.4 Å². The van der Waals surface area contributed by atoms with Gasteiger partial charge in [0.25, 0.3) is 15.9 Å². The summed E-state index contributed by atoms with van der Waals surface area (Å²) in [5, 5.41) is 0. The zero-order chi connectivity index (χ0) is 28.4. The maximum absolute atomic E-state index is 13.0. The van der Waals surface area contributed by atoms with Crippen LogP contribution in [0.3, 0.4) is 0 Å². The van der Waals surface area contributed by atoms with Gasteiger partial charge in [0.05, 0.1) is 34.2 Å². The van der Waals surface area contributed by atoms with Crippen molar-refractivity contribution < 1.29 is 35.9 Å². The van der Waals surface area contributed by atoms with Crippen molar-refractivity contribution in [1.82, 2.24) is 4.57 Å². The predicted molar refractivity (Wildman–Crippen MR) is 145 cm³/mol. The minimum atomic E-state index is -3.87. The summed E-state index contributed by atoms with van der Waals surface area (Å²) in [6, 6.07) is 16.0. The predicted octanol–water partition coefficient (Wildman–Crippen LogP) is 2.83. The SMILES string of the molecule is COC(=O)Cn1c(=NC(=O)c2ccc(NS(=O)(=O)c3ccc(OC)cc3)cc2)sc2cc(S(C)(=O)=O)ccc21. The van der Waals surface area contributed by atoms with Crippen molar-refractivity contribution in [3.05, 3.63) is 77.1 Å². The van der Waals surface area contributed by atoms with Crippen LogP contribution in [0, 0.1) is 0 Å². The third kappa shape index (κ3) is 6.35. The van der Waals surface area contributed by atoms with Crippen LogP contribution in [0.15, 0.2) is 81.5 Å². The van der Waals surface area contributed by atoms with Gasteiger partial charge in [-0.2, -0.15) is 4.99 Å². The van der Waals surface area contributed by atoms with E-state index >= 15 is 0 Å². The Morgan fingerprint density at radius 2 is 1.56 bits per heavy atom. The number of esters is 1. The number of thiazole rings is 1. The van der Waals surface area contributed by atoms with Gasteiger partial charge < -0.3 is 14.0 Å². The van der Waals surface area contributed by atoms with E-state index in [2.05, 4.69) is 9.71 Å². The molecular formula is C25H23N3O8S3. The minimum absolute atomic E-state index is 0.0393. The fourth-order valence-electron chi connectivity index (χ4n) is 3.52. The summed E-state index contributed by atoms with van der Waals surface area (Å²) < 4.78 is 63.5. The molecule has 0 atom stereocenters. The van der Waals surface area contributed by atoms with Crippen LogP contribution < -0.4 is 14.3 Å². The zero-order valence-electron chi connectivity index (χ0n) is 20.9. The average molecular weight is 590 g/mol. The molecule has 0 spiro atoms. The third-order valence-corrected chi connectivity index (χ3v) is 9.10. The van der Waals surface area contributed by atoms with Gasteiger partial charge in [0, 0.05) is 17.5 Å². The molecule has 204 valence electrons. The highest BCUT2D eigenvalue weighted by atomic mass is 32.2. The maximum Gasteiger partial charge on any atom is 0.325 e. The van der Waals surface area contributed by atoms with Crippen molar-refractivity contribution in [1.29, 1.82) is 0 Å². The molecule has 3 aromatic carbocycles. The molecule has 0 radical (unpaired) electrons. The second-order valence-electron chi connectivity index (χ2n) is 8.22. The first-order valence-electron chi connectivity index (χ1n) is 11.2.